The van der Waals surface area contributed by atoms with Crippen LogP contribution in [0.2, 0.25) is 0 Å². The summed E-state index contributed by atoms with van der Waals surface area (Å²) in [4.78, 5) is 0. The summed E-state index contributed by atoms with van der Waals surface area (Å²) in [5, 5.41) is 0. The zero-order valence-electron chi connectivity index (χ0n) is 12.3. The molecule has 0 saturated carbocycles. The Hall–Kier alpha value is -0.350. The molecule has 6 nitrogen and oxygen atoms in total. The molecule has 0 radical (unpaired) electrons. The molecule has 0 spiro atoms. The fourth-order valence-corrected chi connectivity index (χ4v) is 3.53. The van der Waals surface area contributed by atoms with Gasteiger partial charge in [-0.15, -0.1) is 0 Å². The summed E-state index contributed by atoms with van der Waals surface area (Å²) in [6.45, 7) is 0.701. The Labute approximate surface area is 125 Å². The zero-order valence-corrected chi connectivity index (χ0v) is 13.1. The highest BCUT2D eigenvalue weighted by Crippen LogP contribution is 2.23. The molecule has 0 aromatic carbocycles. The molecule has 1 rings (SSSR count). The minimum Gasteiger partial charge on any atom is -0.375 e. The van der Waals surface area contributed by atoms with E-state index >= 15 is 0 Å². The monoisotopic (exact) mass is 329 g/mol. The SMILES string of the molecule is CS(=O)(=O)N1CCCC(CC(CCOCC(F)F)NN)C1. The summed E-state index contributed by atoms with van der Waals surface area (Å²) < 4.78 is 53.3. The standard InChI is InChI=1S/C12H25F2N3O3S/c1-21(18,19)17-5-2-3-10(8-17)7-11(16-15)4-6-20-9-12(13)14/h10-12,16H,2-9,15H2,1H3. The van der Waals surface area contributed by atoms with Crippen molar-refractivity contribution in [3.63, 3.8) is 0 Å². The summed E-state index contributed by atoms with van der Waals surface area (Å²) >= 11 is 0. The Morgan fingerprint density at radius 3 is 2.76 bits per heavy atom. The molecule has 1 aliphatic rings. The molecular weight excluding hydrogens is 304 g/mol. The van der Waals surface area contributed by atoms with Crippen LogP contribution in [0.15, 0.2) is 0 Å². The van der Waals surface area contributed by atoms with Crippen molar-refractivity contribution >= 4 is 10.0 Å². The van der Waals surface area contributed by atoms with Crippen LogP contribution in [0, 0.1) is 5.92 Å². The number of hydrogen-bond donors (Lipinski definition) is 2. The van der Waals surface area contributed by atoms with Gasteiger partial charge in [-0.2, -0.15) is 0 Å². The van der Waals surface area contributed by atoms with Crippen molar-refractivity contribution in [1.29, 1.82) is 0 Å². The van der Waals surface area contributed by atoms with Crippen LogP contribution in [-0.2, 0) is 14.8 Å². The predicted octanol–water partition coefficient (Wildman–Crippen LogP) is 0.552. The van der Waals surface area contributed by atoms with Crippen molar-refractivity contribution in [2.45, 2.75) is 38.2 Å². The molecule has 2 unspecified atom stereocenters. The van der Waals surface area contributed by atoms with Gasteiger partial charge in [-0.1, -0.05) is 0 Å². The van der Waals surface area contributed by atoms with Crippen LogP contribution in [0.5, 0.6) is 0 Å². The van der Waals surface area contributed by atoms with Crippen molar-refractivity contribution in [3.05, 3.63) is 0 Å². The van der Waals surface area contributed by atoms with Gasteiger partial charge >= 0.3 is 0 Å². The number of hydrazine groups is 1. The first-order valence-electron chi connectivity index (χ1n) is 7.10. The highest BCUT2D eigenvalue weighted by molar-refractivity contribution is 7.88. The molecule has 0 bridgehead atoms. The molecule has 1 heterocycles. The molecule has 1 aliphatic heterocycles. The van der Waals surface area contributed by atoms with Crippen molar-refractivity contribution in [2.75, 3.05) is 32.6 Å². The van der Waals surface area contributed by atoms with Gasteiger partial charge in [0.2, 0.25) is 10.0 Å². The lowest BCUT2D eigenvalue weighted by Crippen LogP contribution is -2.43. The number of ether oxygens (including phenoxy) is 1. The maximum Gasteiger partial charge on any atom is 0.261 e. The molecule has 2 atom stereocenters. The number of hydrogen-bond acceptors (Lipinski definition) is 5. The average Bonchev–Trinajstić information content (AvgIpc) is 2.41. The Morgan fingerprint density at radius 1 is 1.48 bits per heavy atom. The molecule has 0 aromatic rings. The molecule has 1 saturated heterocycles. The van der Waals surface area contributed by atoms with Gasteiger partial charge < -0.3 is 4.74 Å². The van der Waals surface area contributed by atoms with Gasteiger partial charge in [-0.05, 0) is 31.6 Å². The van der Waals surface area contributed by atoms with Crippen LogP contribution < -0.4 is 11.3 Å². The van der Waals surface area contributed by atoms with Crippen molar-refractivity contribution in [3.8, 4) is 0 Å². The zero-order chi connectivity index (χ0) is 15.9. The molecular formula is C12H25F2N3O3S. The number of sulfonamides is 1. The highest BCUT2D eigenvalue weighted by atomic mass is 32.2. The summed E-state index contributed by atoms with van der Waals surface area (Å²) in [6, 6.07) is -0.0628. The Balaban J connectivity index is 2.35. The second-order valence-electron chi connectivity index (χ2n) is 5.48. The van der Waals surface area contributed by atoms with E-state index in [0.29, 0.717) is 25.9 Å². The Bertz CT molecular complexity index is 395. The maximum absolute atomic E-state index is 11.9. The number of nitrogens with two attached hydrogens (primary N) is 1. The minimum atomic E-state index is -3.16. The Morgan fingerprint density at radius 2 is 2.19 bits per heavy atom. The van der Waals surface area contributed by atoms with E-state index in [4.69, 9.17) is 10.6 Å². The van der Waals surface area contributed by atoms with E-state index in [1.54, 1.807) is 0 Å². The molecule has 0 aliphatic carbocycles. The van der Waals surface area contributed by atoms with Gasteiger partial charge in [0.05, 0.1) is 6.26 Å². The molecule has 0 amide bonds. The van der Waals surface area contributed by atoms with Crippen LogP contribution in [0.1, 0.15) is 25.7 Å². The molecule has 21 heavy (non-hydrogen) atoms. The number of halogens is 2. The van der Waals surface area contributed by atoms with Gasteiger partial charge in [-0.25, -0.2) is 21.5 Å². The fraction of sp³-hybridized carbons (Fsp3) is 1.00. The topological polar surface area (TPSA) is 84.7 Å². The van der Waals surface area contributed by atoms with Crippen LogP contribution in [0.25, 0.3) is 0 Å². The van der Waals surface area contributed by atoms with Crippen LogP contribution in [0.4, 0.5) is 8.78 Å². The first-order valence-corrected chi connectivity index (χ1v) is 8.95. The predicted molar refractivity (Wildman–Crippen MR) is 76.3 cm³/mol. The number of rotatable bonds is 9. The molecule has 1 fully saturated rings. The largest absolute Gasteiger partial charge is 0.375 e. The molecule has 3 N–H and O–H groups in total. The summed E-state index contributed by atoms with van der Waals surface area (Å²) in [5.41, 5.74) is 2.66. The van der Waals surface area contributed by atoms with Gasteiger partial charge in [0, 0.05) is 25.7 Å². The number of nitrogens with one attached hydrogen (secondary N) is 1. The summed E-state index contributed by atoms with van der Waals surface area (Å²) in [5.74, 6) is 5.69. The quantitative estimate of drug-likeness (QED) is 0.367. The van der Waals surface area contributed by atoms with Crippen molar-refractivity contribution < 1.29 is 21.9 Å². The van der Waals surface area contributed by atoms with Crippen LogP contribution in [-0.4, -0.2) is 57.7 Å². The van der Waals surface area contributed by atoms with E-state index in [0.717, 1.165) is 12.8 Å². The van der Waals surface area contributed by atoms with Gasteiger partial charge in [-0.3, -0.25) is 11.3 Å². The highest BCUT2D eigenvalue weighted by Gasteiger charge is 2.27. The van der Waals surface area contributed by atoms with E-state index in [1.165, 1.54) is 10.6 Å². The number of piperidine rings is 1. The van der Waals surface area contributed by atoms with Gasteiger partial charge in [0.15, 0.2) is 0 Å². The summed E-state index contributed by atoms with van der Waals surface area (Å²) in [6.07, 6.45) is 1.76. The second-order valence-corrected chi connectivity index (χ2v) is 7.47. The molecule has 0 aromatic heterocycles. The second kappa shape index (κ2) is 8.94. The van der Waals surface area contributed by atoms with E-state index in [1.807, 2.05) is 0 Å². The first kappa shape index (κ1) is 18.7. The van der Waals surface area contributed by atoms with E-state index in [2.05, 4.69) is 5.43 Å². The van der Waals surface area contributed by atoms with E-state index < -0.39 is 23.1 Å². The van der Waals surface area contributed by atoms with E-state index in [-0.39, 0.29) is 18.6 Å². The van der Waals surface area contributed by atoms with Crippen LogP contribution >= 0.6 is 0 Å². The fourth-order valence-electron chi connectivity index (χ4n) is 2.59. The van der Waals surface area contributed by atoms with E-state index in [9.17, 15) is 17.2 Å². The average molecular weight is 329 g/mol. The third-order valence-electron chi connectivity index (χ3n) is 3.66. The van der Waals surface area contributed by atoms with Crippen LogP contribution in [0.3, 0.4) is 0 Å². The third-order valence-corrected chi connectivity index (χ3v) is 4.93. The summed E-state index contributed by atoms with van der Waals surface area (Å²) in [7, 11) is -3.16. The smallest absolute Gasteiger partial charge is 0.261 e. The van der Waals surface area contributed by atoms with Crippen molar-refractivity contribution in [2.24, 2.45) is 11.8 Å². The third kappa shape index (κ3) is 7.46. The molecule has 9 heteroatoms. The number of nitrogens with zero attached hydrogens (tertiary/aromatic N) is 1. The minimum absolute atomic E-state index is 0.0628. The number of alkyl halides is 2. The lowest BCUT2D eigenvalue weighted by Gasteiger charge is -2.32. The van der Waals surface area contributed by atoms with Gasteiger partial charge in [0.25, 0.3) is 6.43 Å². The van der Waals surface area contributed by atoms with Crippen molar-refractivity contribution in [1.82, 2.24) is 9.73 Å². The lowest BCUT2D eigenvalue weighted by atomic mass is 9.91. The first-order chi connectivity index (χ1) is 9.82. The van der Waals surface area contributed by atoms with Gasteiger partial charge in [0.1, 0.15) is 6.61 Å². The normalized spacial score (nSPS) is 22.6. The Kier molecular flexibility index (Phi) is 7.96. The molecule has 126 valence electrons. The lowest BCUT2D eigenvalue weighted by molar-refractivity contribution is 0.0136. The maximum atomic E-state index is 11.9.